The molecule has 2 fully saturated rings. The number of carbonyl (C=O) groups excluding carboxylic acids is 2. The number of hydrogen-bond acceptors (Lipinski definition) is 4. The van der Waals surface area contributed by atoms with Crippen molar-refractivity contribution in [3.8, 4) is 0 Å². The monoisotopic (exact) mass is 458 g/mol. The Morgan fingerprint density at radius 3 is 1.97 bits per heavy atom. The topological polar surface area (TPSA) is 88.7 Å². The quantitative estimate of drug-likeness (QED) is 0.478. The number of aryl methyl sites for hydroxylation is 1. The molecule has 2 heterocycles. The van der Waals surface area contributed by atoms with Gasteiger partial charge in [-0.15, -0.1) is 0 Å². The third-order valence-electron chi connectivity index (χ3n) is 6.65. The van der Waals surface area contributed by atoms with E-state index in [2.05, 4.69) is 44.9 Å². The van der Waals surface area contributed by atoms with Gasteiger partial charge in [0.15, 0.2) is 0 Å². The SMILES string of the molecule is Cc1ccc(NC(=O)NCCN2CCC[C@H](C)C2)cc1NC(=O)NCCN1CCC[C@@H](C)C1. The molecular weight excluding hydrogens is 416 g/mol. The number of nitrogens with zero attached hydrogens (tertiary/aromatic N) is 2. The maximum atomic E-state index is 12.4. The van der Waals surface area contributed by atoms with Gasteiger partial charge in [-0.2, -0.15) is 0 Å². The molecule has 0 unspecified atom stereocenters. The Morgan fingerprint density at radius 1 is 0.879 bits per heavy atom. The van der Waals surface area contributed by atoms with Crippen LogP contribution in [0.15, 0.2) is 18.2 Å². The Labute approximate surface area is 198 Å². The zero-order chi connectivity index (χ0) is 23.6. The number of urea groups is 2. The van der Waals surface area contributed by atoms with Crippen LogP contribution in [0.3, 0.4) is 0 Å². The van der Waals surface area contributed by atoms with Crippen molar-refractivity contribution in [2.75, 3.05) is 63.0 Å². The second-order valence-electron chi connectivity index (χ2n) is 9.89. The minimum absolute atomic E-state index is 0.222. The van der Waals surface area contributed by atoms with Crippen LogP contribution in [0.1, 0.15) is 45.1 Å². The molecule has 8 heteroatoms. The lowest BCUT2D eigenvalue weighted by Crippen LogP contribution is -2.41. The van der Waals surface area contributed by atoms with Crippen molar-refractivity contribution in [1.82, 2.24) is 20.4 Å². The largest absolute Gasteiger partial charge is 0.337 e. The van der Waals surface area contributed by atoms with E-state index >= 15 is 0 Å². The number of carbonyl (C=O) groups is 2. The predicted molar refractivity (Wildman–Crippen MR) is 135 cm³/mol. The van der Waals surface area contributed by atoms with Crippen LogP contribution in [0.5, 0.6) is 0 Å². The van der Waals surface area contributed by atoms with Gasteiger partial charge in [-0.1, -0.05) is 19.9 Å². The van der Waals surface area contributed by atoms with E-state index in [0.29, 0.717) is 24.5 Å². The Balaban J connectivity index is 1.38. The van der Waals surface area contributed by atoms with Crippen LogP contribution < -0.4 is 21.3 Å². The van der Waals surface area contributed by atoms with Crippen molar-refractivity contribution in [1.29, 1.82) is 0 Å². The number of likely N-dealkylation sites (tertiary alicyclic amines) is 2. The molecular formula is C25H42N6O2. The van der Waals surface area contributed by atoms with Crippen LogP contribution >= 0.6 is 0 Å². The summed E-state index contributed by atoms with van der Waals surface area (Å²) in [4.78, 5) is 29.5. The first-order chi connectivity index (χ1) is 15.9. The third kappa shape index (κ3) is 8.85. The first-order valence-corrected chi connectivity index (χ1v) is 12.5. The molecule has 3 rings (SSSR count). The van der Waals surface area contributed by atoms with Gasteiger partial charge < -0.3 is 31.1 Å². The Morgan fingerprint density at radius 2 is 1.42 bits per heavy atom. The lowest BCUT2D eigenvalue weighted by Gasteiger charge is -2.30. The van der Waals surface area contributed by atoms with Gasteiger partial charge in [-0.3, -0.25) is 0 Å². The van der Waals surface area contributed by atoms with Gasteiger partial charge in [0.25, 0.3) is 0 Å². The summed E-state index contributed by atoms with van der Waals surface area (Å²) in [6.07, 6.45) is 5.06. The highest BCUT2D eigenvalue weighted by Gasteiger charge is 2.17. The van der Waals surface area contributed by atoms with Crippen molar-refractivity contribution in [3.05, 3.63) is 23.8 Å². The number of nitrogens with one attached hydrogen (secondary N) is 4. The number of rotatable bonds is 8. The molecule has 0 bridgehead atoms. The van der Waals surface area contributed by atoms with Gasteiger partial charge >= 0.3 is 12.1 Å². The molecule has 2 saturated heterocycles. The minimum atomic E-state index is -0.227. The van der Waals surface area contributed by atoms with Crippen LogP contribution in [-0.4, -0.2) is 74.2 Å². The molecule has 4 amide bonds. The van der Waals surface area contributed by atoms with Crippen molar-refractivity contribution in [3.63, 3.8) is 0 Å². The minimum Gasteiger partial charge on any atom is -0.337 e. The molecule has 0 aromatic heterocycles. The maximum Gasteiger partial charge on any atom is 0.319 e. The molecule has 4 N–H and O–H groups in total. The Bertz CT molecular complexity index is 786. The van der Waals surface area contributed by atoms with Crippen LogP contribution in [-0.2, 0) is 0 Å². The number of hydrogen-bond donors (Lipinski definition) is 4. The van der Waals surface area contributed by atoms with Crippen LogP contribution in [0.4, 0.5) is 21.0 Å². The fourth-order valence-corrected chi connectivity index (χ4v) is 4.81. The Hall–Kier alpha value is -2.32. The number of anilines is 2. The van der Waals surface area contributed by atoms with E-state index in [9.17, 15) is 9.59 Å². The second-order valence-corrected chi connectivity index (χ2v) is 9.89. The molecule has 184 valence electrons. The summed E-state index contributed by atoms with van der Waals surface area (Å²) in [5.41, 5.74) is 2.29. The van der Waals surface area contributed by atoms with Crippen molar-refractivity contribution in [2.24, 2.45) is 11.8 Å². The summed E-state index contributed by atoms with van der Waals surface area (Å²) in [5, 5.41) is 11.7. The molecule has 33 heavy (non-hydrogen) atoms. The summed E-state index contributed by atoms with van der Waals surface area (Å²) >= 11 is 0. The summed E-state index contributed by atoms with van der Waals surface area (Å²) in [6, 6.07) is 5.10. The summed E-state index contributed by atoms with van der Waals surface area (Å²) in [6.45, 7) is 13.9. The van der Waals surface area contributed by atoms with Gasteiger partial charge in [0, 0.05) is 50.6 Å². The summed E-state index contributed by atoms with van der Waals surface area (Å²) < 4.78 is 0. The van der Waals surface area contributed by atoms with Crippen LogP contribution in [0.25, 0.3) is 0 Å². The van der Waals surface area contributed by atoms with E-state index in [1.165, 1.54) is 25.7 Å². The van der Waals surface area contributed by atoms with E-state index in [0.717, 1.165) is 56.7 Å². The van der Waals surface area contributed by atoms with E-state index in [-0.39, 0.29) is 12.1 Å². The number of benzene rings is 1. The molecule has 1 aromatic rings. The smallest absolute Gasteiger partial charge is 0.319 e. The van der Waals surface area contributed by atoms with Crippen molar-refractivity contribution >= 4 is 23.4 Å². The van der Waals surface area contributed by atoms with Gasteiger partial charge in [-0.05, 0) is 75.2 Å². The molecule has 8 nitrogen and oxygen atoms in total. The highest BCUT2D eigenvalue weighted by atomic mass is 16.2. The predicted octanol–water partition coefficient (Wildman–Crippen LogP) is 3.70. The average Bonchev–Trinajstić information content (AvgIpc) is 2.76. The van der Waals surface area contributed by atoms with Crippen molar-refractivity contribution < 1.29 is 9.59 Å². The summed E-state index contributed by atoms with van der Waals surface area (Å²) in [7, 11) is 0. The zero-order valence-electron chi connectivity index (χ0n) is 20.6. The first kappa shape index (κ1) is 25.3. The van der Waals surface area contributed by atoms with Crippen molar-refractivity contribution in [2.45, 2.75) is 46.5 Å². The maximum absolute atomic E-state index is 12.4. The molecule has 0 radical (unpaired) electrons. The average molecular weight is 459 g/mol. The lowest BCUT2D eigenvalue weighted by molar-refractivity contribution is 0.184. The van der Waals surface area contributed by atoms with Gasteiger partial charge in [-0.25, -0.2) is 9.59 Å². The zero-order valence-corrected chi connectivity index (χ0v) is 20.6. The molecule has 1 aromatic carbocycles. The van der Waals surface area contributed by atoms with Gasteiger partial charge in [0.05, 0.1) is 0 Å². The highest BCUT2D eigenvalue weighted by molar-refractivity contribution is 5.93. The Kier molecular flexibility index (Phi) is 9.81. The molecule has 2 aliphatic rings. The number of piperidine rings is 2. The van der Waals surface area contributed by atoms with Crippen LogP contribution in [0, 0.1) is 18.8 Å². The van der Waals surface area contributed by atoms with E-state index < -0.39 is 0 Å². The lowest BCUT2D eigenvalue weighted by atomic mass is 10.0. The highest BCUT2D eigenvalue weighted by Crippen LogP contribution is 2.20. The first-order valence-electron chi connectivity index (χ1n) is 12.5. The molecule has 0 spiro atoms. The fraction of sp³-hybridized carbons (Fsp3) is 0.680. The van der Waals surface area contributed by atoms with E-state index in [1.54, 1.807) is 6.07 Å². The third-order valence-corrected chi connectivity index (χ3v) is 6.65. The second kappa shape index (κ2) is 12.8. The molecule has 0 aliphatic carbocycles. The van der Waals surface area contributed by atoms with Gasteiger partial charge in [0.2, 0.25) is 0 Å². The standard InChI is InChI=1S/C25H42N6O2/c1-19-6-4-12-30(17-19)14-10-26-24(32)28-22-9-8-21(3)23(16-22)29-25(33)27-11-15-31-13-5-7-20(2)18-31/h8-9,16,19-20H,4-7,10-15,17-18H2,1-3H3,(H2,26,28,32)(H2,27,29,33)/t19-,20+/m0/s1. The van der Waals surface area contributed by atoms with Gasteiger partial charge in [0.1, 0.15) is 0 Å². The van der Waals surface area contributed by atoms with Crippen LogP contribution in [0.2, 0.25) is 0 Å². The normalized spacial score (nSPS) is 21.9. The molecule has 0 saturated carbocycles. The molecule has 2 aliphatic heterocycles. The summed E-state index contributed by atoms with van der Waals surface area (Å²) in [5.74, 6) is 1.47. The molecule has 2 atom stereocenters. The van der Waals surface area contributed by atoms with E-state index in [4.69, 9.17) is 0 Å². The van der Waals surface area contributed by atoms with E-state index in [1.807, 2.05) is 19.1 Å². The fourth-order valence-electron chi connectivity index (χ4n) is 4.81. The number of amides is 4.